The van der Waals surface area contributed by atoms with E-state index in [0.717, 1.165) is 22.3 Å². The third-order valence-electron chi connectivity index (χ3n) is 7.03. The smallest absolute Gasteiger partial charge is 0.407 e. The molecule has 0 aromatic heterocycles. The summed E-state index contributed by atoms with van der Waals surface area (Å²) in [6.07, 6.45) is -0.0706. The summed E-state index contributed by atoms with van der Waals surface area (Å²) in [6.45, 7) is 4.27. The minimum atomic E-state index is -0.918. The number of rotatable bonds is 8. The molecule has 2 aliphatic rings. The number of amides is 2. The van der Waals surface area contributed by atoms with Gasteiger partial charge < -0.3 is 24.8 Å². The van der Waals surface area contributed by atoms with Crippen LogP contribution in [0.1, 0.15) is 43.7 Å². The highest BCUT2D eigenvalue weighted by Crippen LogP contribution is 2.44. The van der Waals surface area contributed by atoms with Gasteiger partial charge >= 0.3 is 12.1 Å². The zero-order chi connectivity index (χ0) is 25.2. The second-order valence-corrected chi connectivity index (χ2v) is 9.80. The van der Waals surface area contributed by atoms with Gasteiger partial charge in [-0.1, -0.05) is 48.5 Å². The lowest BCUT2D eigenvalue weighted by molar-refractivity contribution is -0.141. The lowest BCUT2D eigenvalue weighted by atomic mass is 9.97. The third-order valence-corrected chi connectivity index (χ3v) is 7.03. The molecular weight excluding hydrogens is 448 g/mol. The first-order chi connectivity index (χ1) is 16.7. The Labute approximate surface area is 205 Å². The lowest BCUT2D eigenvalue weighted by Crippen LogP contribution is -2.51. The van der Waals surface area contributed by atoms with Crippen molar-refractivity contribution in [1.82, 2.24) is 10.2 Å². The molecule has 0 bridgehead atoms. The maximum absolute atomic E-state index is 13.2. The number of likely N-dealkylation sites (tertiary alicyclic amines) is 1. The van der Waals surface area contributed by atoms with E-state index < -0.39 is 29.6 Å². The first-order valence-electron chi connectivity index (χ1n) is 11.9. The number of ether oxygens (including phenoxy) is 2. The van der Waals surface area contributed by atoms with Gasteiger partial charge in [-0.25, -0.2) is 4.79 Å². The minimum absolute atomic E-state index is 0.0902. The minimum Gasteiger partial charge on any atom is -0.481 e. The molecule has 2 aromatic carbocycles. The van der Waals surface area contributed by atoms with Gasteiger partial charge in [0.05, 0.1) is 11.5 Å². The van der Waals surface area contributed by atoms with E-state index >= 15 is 0 Å². The van der Waals surface area contributed by atoms with Gasteiger partial charge in [-0.3, -0.25) is 9.59 Å². The number of methoxy groups -OCH3 is 1. The van der Waals surface area contributed by atoms with Crippen molar-refractivity contribution in [1.29, 1.82) is 0 Å². The Bertz CT molecular complexity index is 1070. The van der Waals surface area contributed by atoms with Crippen molar-refractivity contribution < 1.29 is 29.0 Å². The Kier molecular flexibility index (Phi) is 7.12. The first-order valence-corrected chi connectivity index (χ1v) is 11.9. The van der Waals surface area contributed by atoms with E-state index in [9.17, 15) is 19.5 Å². The highest BCUT2D eigenvalue weighted by Gasteiger charge is 2.37. The van der Waals surface area contributed by atoms with Crippen LogP contribution in [0.15, 0.2) is 48.5 Å². The average molecular weight is 481 g/mol. The fraction of sp³-hybridized carbons (Fsp3) is 0.444. The number of carbonyl (C=O) groups is 3. The number of alkyl carbamates (subject to hydrolysis) is 1. The molecule has 2 amide bonds. The maximum Gasteiger partial charge on any atom is 0.407 e. The number of nitrogens with one attached hydrogen (secondary N) is 1. The number of aliphatic carboxylic acids is 1. The van der Waals surface area contributed by atoms with Crippen molar-refractivity contribution in [3.63, 3.8) is 0 Å². The fourth-order valence-corrected chi connectivity index (χ4v) is 4.94. The predicted octanol–water partition coefficient (Wildman–Crippen LogP) is 3.64. The molecule has 2 N–H and O–H groups in total. The molecule has 1 aliphatic heterocycles. The standard InChI is InChI=1S/C27H32N2O6/c1-27(2,34-3)14-23(24(30)29-13-12-17(15-29)25(31)32)28-26(33)35-16-22-20-10-6-4-8-18(20)19-9-5-7-11-21(19)22/h4-11,17,22-23H,12-16H2,1-3H3,(H,28,33)(H,31,32). The number of carbonyl (C=O) groups excluding carboxylic acids is 2. The van der Waals surface area contributed by atoms with Gasteiger partial charge in [-0.15, -0.1) is 0 Å². The molecule has 2 atom stereocenters. The van der Waals surface area contributed by atoms with E-state index in [1.165, 1.54) is 4.90 Å². The third kappa shape index (κ3) is 5.32. The summed E-state index contributed by atoms with van der Waals surface area (Å²) in [7, 11) is 1.55. The number of hydrogen-bond acceptors (Lipinski definition) is 5. The van der Waals surface area contributed by atoms with Gasteiger partial charge in [0.1, 0.15) is 12.6 Å². The largest absolute Gasteiger partial charge is 0.481 e. The summed E-state index contributed by atoms with van der Waals surface area (Å²) in [6, 6.07) is 15.3. The van der Waals surface area contributed by atoms with E-state index in [2.05, 4.69) is 17.4 Å². The van der Waals surface area contributed by atoms with E-state index in [0.29, 0.717) is 13.0 Å². The number of carboxylic acids is 1. The summed E-state index contributed by atoms with van der Waals surface area (Å²) in [5.41, 5.74) is 3.80. The van der Waals surface area contributed by atoms with E-state index in [1.807, 2.05) is 50.2 Å². The molecule has 8 nitrogen and oxygen atoms in total. The zero-order valence-corrected chi connectivity index (χ0v) is 20.3. The number of nitrogens with zero attached hydrogens (tertiary/aromatic N) is 1. The fourth-order valence-electron chi connectivity index (χ4n) is 4.94. The average Bonchev–Trinajstić information content (AvgIpc) is 3.46. The molecular formula is C27H32N2O6. The molecule has 2 aromatic rings. The molecule has 1 heterocycles. The van der Waals surface area contributed by atoms with Gasteiger partial charge in [0.25, 0.3) is 0 Å². The van der Waals surface area contributed by atoms with E-state index in [4.69, 9.17) is 9.47 Å². The summed E-state index contributed by atoms with van der Waals surface area (Å²) < 4.78 is 11.1. The number of fused-ring (bicyclic) bond motifs is 3. The maximum atomic E-state index is 13.2. The van der Waals surface area contributed by atoms with Crippen molar-refractivity contribution in [3.8, 4) is 11.1 Å². The topological polar surface area (TPSA) is 105 Å². The van der Waals surface area contributed by atoms with Crippen molar-refractivity contribution in [3.05, 3.63) is 59.7 Å². The molecule has 0 saturated carbocycles. The van der Waals surface area contributed by atoms with Crippen LogP contribution >= 0.6 is 0 Å². The summed E-state index contributed by atoms with van der Waals surface area (Å²) in [4.78, 5) is 38.9. The van der Waals surface area contributed by atoms with Gasteiger partial charge in [0, 0.05) is 32.5 Å². The van der Waals surface area contributed by atoms with Crippen LogP contribution in [0, 0.1) is 5.92 Å². The van der Waals surface area contributed by atoms with Crippen LogP contribution in [0.4, 0.5) is 4.79 Å². The Morgan fingerprint density at radius 2 is 1.69 bits per heavy atom. The molecule has 1 saturated heterocycles. The molecule has 186 valence electrons. The number of carboxylic acid groups (broad SMARTS) is 1. The van der Waals surface area contributed by atoms with Crippen LogP contribution in [-0.4, -0.2) is 66.4 Å². The van der Waals surface area contributed by atoms with Crippen LogP contribution in [0.2, 0.25) is 0 Å². The van der Waals surface area contributed by atoms with Crippen molar-refractivity contribution >= 4 is 18.0 Å². The van der Waals surface area contributed by atoms with Gasteiger partial charge in [-0.2, -0.15) is 0 Å². The normalized spacial score (nSPS) is 18.0. The lowest BCUT2D eigenvalue weighted by Gasteiger charge is -2.30. The van der Waals surface area contributed by atoms with Crippen LogP contribution < -0.4 is 5.32 Å². The number of hydrogen-bond donors (Lipinski definition) is 2. The van der Waals surface area contributed by atoms with Crippen molar-refractivity contribution in [2.24, 2.45) is 5.92 Å². The van der Waals surface area contributed by atoms with Gasteiger partial charge in [0.2, 0.25) is 5.91 Å². The van der Waals surface area contributed by atoms with E-state index in [1.54, 1.807) is 7.11 Å². The van der Waals surface area contributed by atoms with Crippen molar-refractivity contribution in [2.75, 3.05) is 26.8 Å². The quantitative estimate of drug-likeness (QED) is 0.598. The molecule has 2 unspecified atom stereocenters. The molecule has 4 rings (SSSR count). The summed E-state index contributed by atoms with van der Waals surface area (Å²) >= 11 is 0. The second kappa shape index (κ2) is 10.1. The van der Waals surface area contributed by atoms with Crippen LogP contribution in [-0.2, 0) is 19.1 Å². The monoisotopic (exact) mass is 480 g/mol. The Morgan fingerprint density at radius 1 is 1.09 bits per heavy atom. The van der Waals surface area contributed by atoms with Crippen LogP contribution in [0.5, 0.6) is 0 Å². The van der Waals surface area contributed by atoms with Crippen molar-refractivity contribution in [2.45, 2.75) is 44.2 Å². The van der Waals surface area contributed by atoms with E-state index in [-0.39, 0.29) is 31.4 Å². The van der Waals surface area contributed by atoms with Gasteiger partial charge in [-0.05, 0) is 42.5 Å². The molecule has 35 heavy (non-hydrogen) atoms. The van der Waals surface area contributed by atoms with Gasteiger partial charge in [0.15, 0.2) is 0 Å². The number of benzene rings is 2. The summed E-state index contributed by atoms with van der Waals surface area (Å²) in [5.74, 6) is -1.93. The molecule has 8 heteroatoms. The molecule has 0 radical (unpaired) electrons. The second-order valence-electron chi connectivity index (χ2n) is 9.80. The SMILES string of the molecule is COC(C)(C)CC(NC(=O)OCC1c2ccccc2-c2ccccc21)C(=O)N1CCC(C(=O)O)C1. The molecule has 1 fully saturated rings. The van der Waals surface area contributed by atoms with Crippen LogP contribution in [0.25, 0.3) is 11.1 Å². The highest BCUT2D eigenvalue weighted by atomic mass is 16.5. The Morgan fingerprint density at radius 3 is 2.23 bits per heavy atom. The first kappa shape index (κ1) is 24.7. The Hall–Kier alpha value is -3.39. The molecule has 0 spiro atoms. The Balaban J connectivity index is 1.45. The summed E-state index contributed by atoms with van der Waals surface area (Å²) in [5, 5.41) is 12.0. The van der Waals surface area contributed by atoms with Crippen LogP contribution in [0.3, 0.4) is 0 Å². The predicted molar refractivity (Wildman–Crippen MR) is 130 cm³/mol. The molecule has 1 aliphatic carbocycles. The zero-order valence-electron chi connectivity index (χ0n) is 20.3. The highest BCUT2D eigenvalue weighted by molar-refractivity contribution is 5.87.